The van der Waals surface area contributed by atoms with E-state index in [4.69, 9.17) is 42.6 Å². The lowest BCUT2D eigenvalue weighted by Gasteiger charge is -2.46. The molecule has 0 aliphatic carbocycles. The molecule has 0 aromatic heterocycles. The van der Waals surface area contributed by atoms with Gasteiger partial charge in [-0.1, -0.05) is 6.07 Å². The van der Waals surface area contributed by atoms with E-state index in [2.05, 4.69) is 38.4 Å². The topological polar surface area (TPSA) is 117 Å². The first-order valence-corrected chi connectivity index (χ1v) is 20.7. The number of likely N-dealkylation sites (N-methyl/N-ethyl adjacent to an activating group) is 2. The van der Waals surface area contributed by atoms with Gasteiger partial charge in [-0.3, -0.25) is 9.59 Å². The van der Waals surface area contributed by atoms with E-state index in [0.717, 1.165) is 91.0 Å². The summed E-state index contributed by atoms with van der Waals surface area (Å²) >= 11 is 0. The Morgan fingerprint density at radius 1 is 0.590 bits per heavy atom. The number of ether oxygens (including phenoxy) is 9. The molecule has 3 aromatic rings. The quantitative estimate of drug-likeness (QED) is 0.0613. The number of halogens is 2. The minimum Gasteiger partial charge on any atom is -1.00 e. The third-order valence-corrected chi connectivity index (χ3v) is 12.2. The van der Waals surface area contributed by atoms with Crippen molar-refractivity contribution in [1.82, 2.24) is 0 Å². The number of carbonyl (C=O) groups excluding carboxylic acids is 2. The third kappa shape index (κ3) is 13.1. The molecule has 2 unspecified atom stereocenters. The monoisotopic (exact) mass is 1080 g/mol. The molecule has 2 aliphatic rings. The van der Waals surface area contributed by atoms with Gasteiger partial charge >= 0.3 is 11.9 Å². The molecule has 0 bridgehead atoms. The van der Waals surface area contributed by atoms with Gasteiger partial charge in [-0.05, 0) is 67.1 Å². The van der Waals surface area contributed by atoms with Crippen LogP contribution >= 0.6 is 0 Å². The maximum Gasteiger partial charge on any atom is 0.311 e. The second kappa shape index (κ2) is 24.4. The van der Waals surface area contributed by atoms with Crippen LogP contribution in [0, 0.1) is 0 Å². The van der Waals surface area contributed by atoms with Crippen LogP contribution in [0.15, 0.2) is 36.4 Å². The number of hydrogen-bond donors (Lipinski definition) is 0. The van der Waals surface area contributed by atoms with Gasteiger partial charge in [0, 0.05) is 42.4 Å². The number of esters is 2. The van der Waals surface area contributed by atoms with Gasteiger partial charge in [0.15, 0.2) is 34.5 Å². The number of fused-ring (bicyclic) bond motifs is 2. The lowest BCUT2D eigenvalue weighted by atomic mass is 9.86. The summed E-state index contributed by atoms with van der Waals surface area (Å²) in [4.78, 5) is 25.3. The minimum absolute atomic E-state index is 0. The Morgan fingerprint density at radius 3 is 1.82 bits per heavy atom. The molecule has 5 rings (SSSR count). The van der Waals surface area contributed by atoms with Gasteiger partial charge in [-0.25, -0.2) is 0 Å². The molecule has 61 heavy (non-hydrogen) atoms. The molecule has 15 heteroatoms. The maximum atomic E-state index is 12.7. The van der Waals surface area contributed by atoms with Crippen LogP contribution in [0.3, 0.4) is 0 Å². The normalized spacial score (nSPS) is 18.8. The van der Waals surface area contributed by atoms with Crippen molar-refractivity contribution in [2.75, 3.05) is 103 Å². The molecule has 340 valence electrons. The van der Waals surface area contributed by atoms with Crippen molar-refractivity contribution in [1.29, 1.82) is 0 Å². The summed E-state index contributed by atoms with van der Waals surface area (Å²) in [6.07, 6.45) is 6.05. The average molecular weight is 1080 g/mol. The fraction of sp³-hybridized carbons (Fsp3) is 0.565. The van der Waals surface area contributed by atoms with Crippen LogP contribution in [0.5, 0.6) is 40.2 Å². The number of rotatable bonds is 22. The maximum absolute atomic E-state index is 12.7. The average Bonchev–Trinajstić information content (AvgIpc) is 3.25. The molecular weight excluding hydrogens is 1010 g/mol. The van der Waals surface area contributed by atoms with E-state index in [1.165, 1.54) is 11.1 Å². The molecule has 2 heterocycles. The van der Waals surface area contributed by atoms with Crippen LogP contribution in [0.25, 0.3) is 0 Å². The number of hydrogen-bond acceptors (Lipinski definition) is 11. The van der Waals surface area contributed by atoms with E-state index in [1.807, 2.05) is 12.1 Å². The number of methoxy groups -OCH3 is 7. The zero-order valence-corrected chi connectivity index (χ0v) is 41.8. The van der Waals surface area contributed by atoms with Gasteiger partial charge < -0.3 is 99.6 Å². The number of carbonyl (C=O) groups is 2. The Morgan fingerprint density at radius 2 is 1.18 bits per heavy atom. The first kappa shape index (κ1) is 51.9. The lowest BCUT2D eigenvalue weighted by Crippen LogP contribution is -3.00. The molecule has 0 radical (unpaired) electrons. The first-order chi connectivity index (χ1) is 28.4. The number of quaternary nitrogens is 2. The summed E-state index contributed by atoms with van der Waals surface area (Å²) in [6.45, 7) is 4.85. The van der Waals surface area contributed by atoms with E-state index in [9.17, 15) is 9.59 Å². The molecule has 0 saturated heterocycles. The van der Waals surface area contributed by atoms with Crippen LogP contribution in [0.2, 0.25) is 0 Å². The van der Waals surface area contributed by atoms with Crippen LogP contribution in [0.4, 0.5) is 0 Å². The SMILES string of the molecule is COc1ccc(C[C@@H]2c3cc(OC)c(OC)cc3CC[N+]2(C)CCCCOC(=O)CCCCOC(=O)CC[N+]2(C)CCc3c(cc(OC)c(OC)c3OC)C2)cc1OC.[I-].[I-]. The fourth-order valence-electron chi connectivity index (χ4n) is 8.73. The van der Waals surface area contributed by atoms with Gasteiger partial charge in [0.25, 0.3) is 0 Å². The van der Waals surface area contributed by atoms with Crippen molar-refractivity contribution in [3.63, 3.8) is 0 Å². The second-order valence-electron chi connectivity index (χ2n) is 16.1. The Labute approximate surface area is 396 Å². The largest absolute Gasteiger partial charge is 1.00 e. The zero-order chi connectivity index (χ0) is 42.6. The van der Waals surface area contributed by atoms with Crippen molar-refractivity contribution in [2.45, 2.75) is 70.4 Å². The highest BCUT2D eigenvalue weighted by molar-refractivity contribution is 5.70. The molecule has 13 nitrogen and oxygen atoms in total. The predicted octanol–water partition coefficient (Wildman–Crippen LogP) is 0.671. The van der Waals surface area contributed by atoms with Crippen molar-refractivity contribution >= 4 is 11.9 Å². The van der Waals surface area contributed by atoms with Crippen molar-refractivity contribution < 1.29 is 109 Å². The van der Waals surface area contributed by atoms with Gasteiger partial charge in [0.1, 0.15) is 12.6 Å². The summed E-state index contributed by atoms with van der Waals surface area (Å²) in [6, 6.07) is 12.6. The predicted molar refractivity (Wildman–Crippen MR) is 224 cm³/mol. The van der Waals surface area contributed by atoms with E-state index in [1.54, 1.807) is 49.8 Å². The minimum atomic E-state index is -0.221. The Hall–Kier alpha value is -3.42. The smallest absolute Gasteiger partial charge is 0.311 e. The molecule has 0 saturated carbocycles. The highest BCUT2D eigenvalue weighted by atomic mass is 127. The highest BCUT2D eigenvalue weighted by Crippen LogP contribution is 2.45. The van der Waals surface area contributed by atoms with Gasteiger partial charge in [0.2, 0.25) is 5.75 Å². The van der Waals surface area contributed by atoms with Crippen molar-refractivity contribution in [2.24, 2.45) is 0 Å². The number of nitrogens with zero attached hydrogens (tertiary/aromatic N) is 2. The molecule has 3 aromatic carbocycles. The molecule has 2 aliphatic heterocycles. The molecule has 0 spiro atoms. The zero-order valence-electron chi connectivity index (χ0n) is 37.5. The van der Waals surface area contributed by atoms with Crippen LogP contribution in [-0.2, 0) is 44.9 Å². The molecule has 0 N–H and O–H groups in total. The van der Waals surface area contributed by atoms with E-state index in [0.29, 0.717) is 72.1 Å². The Bertz CT molecular complexity index is 1910. The number of benzene rings is 3. The second-order valence-corrected chi connectivity index (χ2v) is 16.1. The molecular formula is C46H66I2N2O11. The van der Waals surface area contributed by atoms with Crippen molar-refractivity contribution in [3.8, 4) is 40.2 Å². The standard InChI is InChI=1S/C46H66N2O11.2HI/c1-47(21-18-35-34(31-47)29-42(55-7)46(57-9)45(35)56-8)22-19-44(50)59-24-12-10-14-43(49)58-25-13-11-20-48(2)23-17-33-28-40(53-5)41(54-6)30-36(33)37(48)26-32-15-16-38(51-3)39(27-32)52-4;;/h15-16,27-30,37H,10-14,17-26,31H2,1-9H3;2*1H/q+2;;/p-2/t37-,47?,48?;;/m1../s1. The van der Waals surface area contributed by atoms with E-state index in [-0.39, 0.29) is 72.5 Å². The summed E-state index contributed by atoms with van der Waals surface area (Å²) in [5.41, 5.74) is 5.96. The Balaban J connectivity index is 0.00000496. The Kier molecular flexibility index (Phi) is 20.8. The van der Waals surface area contributed by atoms with E-state index >= 15 is 0 Å². The first-order valence-electron chi connectivity index (χ1n) is 20.7. The number of unbranched alkanes of at least 4 members (excludes halogenated alkanes) is 2. The van der Waals surface area contributed by atoms with Crippen LogP contribution in [0.1, 0.15) is 72.4 Å². The highest BCUT2D eigenvalue weighted by Gasteiger charge is 2.40. The lowest BCUT2D eigenvalue weighted by molar-refractivity contribution is -0.941. The summed E-state index contributed by atoms with van der Waals surface area (Å²) in [5, 5.41) is 0. The fourth-order valence-corrected chi connectivity index (χ4v) is 8.73. The third-order valence-electron chi connectivity index (χ3n) is 12.2. The summed E-state index contributed by atoms with van der Waals surface area (Å²) in [7, 11) is 16.0. The van der Waals surface area contributed by atoms with Gasteiger partial charge in [-0.2, -0.15) is 0 Å². The van der Waals surface area contributed by atoms with Crippen molar-refractivity contribution in [3.05, 3.63) is 64.2 Å². The molecule has 0 fully saturated rings. The van der Waals surface area contributed by atoms with Gasteiger partial charge in [-0.15, -0.1) is 0 Å². The molecule has 0 amide bonds. The molecule has 3 atom stereocenters. The summed E-state index contributed by atoms with van der Waals surface area (Å²) in [5.74, 6) is 4.40. The summed E-state index contributed by atoms with van der Waals surface area (Å²) < 4.78 is 52.1. The van der Waals surface area contributed by atoms with Crippen LogP contribution in [-0.4, -0.2) is 124 Å². The van der Waals surface area contributed by atoms with E-state index < -0.39 is 0 Å². The van der Waals surface area contributed by atoms with Crippen LogP contribution < -0.4 is 81.1 Å². The van der Waals surface area contributed by atoms with Gasteiger partial charge in [0.05, 0.1) is 110 Å².